The van der Waals surface area contributed by atoms with Crippen LogP contribution in [0.5, 0.6) is 0 Å². The fourth-order valence-corrected chi connectivity index (χ4v) is 2.34. The van der Waals surface area contributed by atoms with E-state index in [0.29, 0.717) is 12.1 Å². The second kappa shape index (κ2) is 4.76. The molecule has 1 aliphatic rings. The van der Waals surface area contributed by atoms with Crippen LogP contribution >= 0.6 is 0 Å². The number of aromatic nitrogens is 1. The van der Waals surface area contributed by atoms with Crippen molar-refractivity contribution in [1.29, 1.82) is 0 Å². The van der Waals surface area contributed by atoms with Crippen molar-refractivity contribution in [3.8, 4) is 0 Å². The van der Waals surface area contributed by atoms with Crippen molar-refractivity contribution in [2.45, 2.75) is 32.9 Å². The molecule has 18 heavy (non-hydrogen) atoms. The topological polar surface area (TPSA) is 76.3 Å². The minimum Gasteiger partial charge on any atom is -0.368 e. The van der Waals surface area contributed by atoms with Gasteiger partial charge in [-0.05, 0) is 18.1 Å². The van der Waals surface area contributed by atoms with E-state index in [1.165, 1.54) is 4.90 Å². The summed E-state index contributed by atoms with van der Waals surface area (Å²) in [6.45, 7) is 4.28. The Bertz CT molecular complexity index is 487. The largest absolute Gasteiger partial charge is 0.368 e. The predicted octanol–water partition coefficient (Wildman–Crippen LogP) is 0.937. The van der Waals surface area contributed by atoms with E-state index in [4.69, 9.17) is 5.73 Å². The van der Waals surface area contributed by atoms with Crippen LogP contribution in [0.4, 0.5) is 0 Å². The van der Waals surface area contributed by atoms with Gasteiger partial charge in [-0.2, -0.15) is 0 Å². The van der Waals surface area contributed by atoms with Gasteiger partial charge in [0.2, 0.25) is 5.91 Å². The lowest BCUT2D eigenvalue weighted by Gasteiger charge is -2.29. The normalized spacial score (nSPS) is 17.4. The number of rotatable bonds is 4. The number of hydrogen-bond acceptors (Lipinski definition) is 3. The Morgan fingerprint density at radius 2 is 2.33 bits per heavy atom. The summed E-state index contributed by atoms with van der Waals surface area (Å²) >= 11 is 0. The van der Waals surface area contributed by atoms with Crippen molar-refractivity contribution in [1.82, 2.24) is 9.88 Å². The minimum atomic E-state index is -0.559. The zero-order chi connectivity index (χ0) is 13.3. The third-order valence-corrected chi connectivity index (χ3v) is 3.51. The van der Waals surface area contributed by atoms with Gasteiger partial charge in [0.15, 0.2) is 0 Å². The van der Waals surface area contributed by atoms with Gasteiger partial charge < -0.3 is 10.6 Å². The van der Waals surface area contributed by atoms with Crippen LogP contribution < -0.4 is 5.73 Å². The molecule has 1 aromatic rings. The average molecular weight is 247 g/mol. The van der Waals surface area contributed by atoms with Gasteiger partial charge in [-0.15, -0.1) is 0 Å². The molecule has 0 saturated carbocycles. The monoisotopic (exact) mass is 247 g/mol. The van der Waals surface area contributed by atoms with Crippen LogP contribution in [0, 0.1) is 5.92 Å². The summed E-state index contributed by atoms with van der Waals surface area (Å²) in [7, 11) is 0. The first-order valence-corrected chi connectivity index (χ1v) is 6.10. The van der Waals surface area contributed by atoms with Crippen molar-refractivity contribution in [2.24, 2.45) is 11.7 Å². The van der Waals surface area contributed by atoms with Crippen LogP contribution in [-0.4, -0.2) is 27.7 Å². The lowest BCUT2D eigenvalue weighted by atomic mass is 9.97. The van der Waals surface area contributed by atoms with E-state index in [9.17, 15) is 9.59 Å². The highest BCUT2D eigenvalue weighted by molar-refractivity contribution is 6.00. The van der Waals surface area contributed by atoms with Crippen molar-refractivity contribution >= 4 is 11.8 Å². The maximum atomic E-state index is 12.2. The lowest BCUT2D eigenvalue weighted by Crippen LogP contribution is -2.48. The van der Waals surface area contributed by atoms with Gasteiger partial charge >= 0.3 is 0 Å². The molecule has 0 bridgehead atoms. The van der Waals surface area contributed by atoms with Gasteiger partial charge in [0.1, 0.15) is 6.04 Å². The molecule has 5 heteroatoms. The van der Waals surface area contributed by atoms with Gasteiger partial charge in [0.05, 0.1) is 17.8 Å². The number of fused-ring (bicyclic) bond motifs is 1. The van der Waals surface area contributed by atoms with E-state index >= 15 is 0 Å². The Hall–Kier alpha value is -1.91. The van der Waals surface area contributed by atoms with Crippen LogP contribution in [0.3, 0.4) is 0 Å². The molecule has 2 amide bonds. The molecular weight excluding hydrogens is 230 g/mol. The number of amides is 2. The van der Waals surface area contributed by atoms with Gasteiger partial charge in [-0.3, -0.25) is 14.6 Å². The maximum Gasteiger partial charge on any atom is 0.256 e. The number of carbonyl (C=O) groups excluding carboxylic acids is 2. The quantitative estimate of drug-likeness (QED) is 0.860. The Balaban J connectivity index is 2.31. The molecule has 2 atom stereocenters. The highest BCUT2D eigenvalue weighted by Crippen LogP contribution is 2.26. The third kappa shape index (κ3) is 1.96. The molecule has 0 saturated heterocycles. The highest BCUT2D eigenvalue weighted by Gasteiger charge is 2.38. The average Bonchev–Trinajstić information content (AvgIpc) is 2.67. The van der Waals surface area contributed by atoms with Gasteiger partial charge in [-0.1, -0.05) is 20.3 Å². The zero-order valence-corrected chi connectivity index (χ0v) is 10.6. The summed E-state index contributed by atoms with van der Waals surface area (Å²) in [5, 5.41) is 0. The van der Waals surface area contributed by atoms with Crippen molar-refractivity contribution in [2.75, 3.05) is 0 Å². The maximum absolute atomic E-state index is 12.2. The third-order valence-electron chi connectivity index (χ3n) is 3.51. The van der Waals surface area contributed by atoms with Crippen LogP contribution in [0.2, 0.25) is 0 Å². The Morgan fingerprint density at radius 1 is 1.61 bits per heavy atom. The minimum absolute atomic E-state index is 0.0424. The molecule has 0 radical (unpaired) electrons. The summed E-state index contributed by atoms with van der Waals surface area (Å²) in [6, 6.07) is 2.90. The molecule has 1 aromatic heterocycles. The summed E-state index contributed by atoms with van der Waals surface area (Å²) in [4.78, 5) is 29.5. The number of nitrogens with two attached hydrogens (primary N) is 1. The first-order valence-electron chi connectivity index (χ1n) is 6.10. The molecule has 0 aromatic carbocycles. The van der Waals surface area contributed by atoms with Crippen LogP contribution in [0.15, 0.2) is 18.3 Å². The molecule has 5 nitrogen and oxygen atoms in total. The van der Waals surface area contributed by atoms with E-state index in [-0.39, 0.29) is 11.8 Å². The Morgan fingerprint density at radius 3 is 2.89 bits per heavy atom. The molecule has 0 aliphatic carbocycles. The molecule has 1 aliphatic heterocycles. The standard InChI is InChI=1S/C13H17N3O2/c1-3-8(2)11(12(14)17)16-7-10-9(13(16)18)5-4-6-15-10/h4-6,8,11H,3,7H2,1-2H3,(H2,14,17)/t8-,11-/m0/s1. The summed E-state index contributed by atoms with van der Waals surface area (Å²) in [5.74, 6) is -0.562. The molecule has 2 N–H and O–H groups in total. The fraction of sp³-hybridized carbons (Fsp3) is 0.462. The Labute approximate surface area is 106 Å². The van der Waals surface area contributed by atoms with E-state index in [1.54, 1.807) is 18.3 Å². The fourth-order valence-electron chi connectivity index (χ4n) is 2.34. The predicted molar refractivity (Wildman–Crippen MR) is 66.5 cm³/mol. The molecule has 2 rings (SSSR count). The lowest BCUT2D eigenvalue weighted by molar-refractivity contribution is -0.124. The van der Waals surface area contributed by atoms with Gasteiger partial charge in [-0.25, -0.2) is 0 Å². The molecular formula is C13H17N3O2. The number of nitrogens with zero attached hydrogens (tertiary/aromatic N) is 2. The summed E-state index contributed by atoms with van der Waals surface area (Å²) in [6.07, 6.45) is 2.44. The molecule has 0 fully saturated rings. The van der Waals surface area contributed by atoms with Gasteiger partial charge in [0.25, 0.3) is 5.91 Å². The van der Waals surface area contributed by atoms with Gasteiger partial charge in [0, 0.05) is 6.20 Å². The smallest absolute Gasteiger partial charge is 0.256 e. The summed E-state index contributed by atoms with van der Waals surface area (Å²) in [5.41, 5.74) is 6.73. The second-order valence-electron chi connectivity index (χ2n) is 4.66. The highest BCUT2D eigenvalue weighted by atomic mass is 16.2. The van der Waals surface area contributed by atoms with Crippen LogP contribution in [0.1, 0.15) is 36.3 Å². The molecule has 0 spiro atoms. The number of carbonyl (C=O) groups is 2. The second-order valence-corrected chi connectivity index (χ2v) is 4.66. The van der Waals surface area contributed by atoms with E-state index in [0.717, 1.165) is 12.1 Å². The van der Waals surface area contributed by atoms with Crippen molar-refractivity contribution in [3.63, 3.8) is 0 Å². The van der Waals surface area contributed by atoms with E-state index in [1.807, 2.05) is 13.8 Å². The molecule has 96 valence electrons. The zero-order valence-electron chi connectivity index (χ0n) is 10.6. The number of hydrogen-bond donors (Lipinski definition) is 1. The number of pyridine rings is 1. The SMILES string of the molecule is CC[C@H](C)[C@@H](C(N)=O)N1Cc2ncccc2C1=O. The molecule has 2 heterocycles. The van der Waals surface area contributed by atoms with E-state index in [2.05, 4.69) is 4.98 Å². The Kier molecular flexibility index (Phi) is 3.32. The first kappa shape index (κ1) is 12.5. The summed E-state index contributed by atoms with van der Waals surface area (Å²) < 4.78 is 0. The number of primary amides is 1. The molecule has 0 unspecified atom stereocenters. The van der Waals surface area contributed by atoms with Crippen LogP contribution in [0.25, 0.3) is 0 Å². The van der Waals surface area contributed by atoms with E-state index < -0.39 is 11.9 Å². The van der Waals surface area contributed by atoms with Crippen molar-refractivity contribution in [3.05, 3.63) is 29.6 Å². The van der Waals surface area contributed by atoms with Crippen LogP contribution in [-0.2, 0) is 11.3 Å². The van der Waals surface area contributed by atoms with Crippen molar-refractivity contribution < 1.29 is 9.59 Å². The first-order chi connectivity index (χ1) is 8.56.